The van der Waals surface area contributed by atoms with Crippen molar-refractivity contribution in [3.8, 4) is 17.0 Å². The van der Waals surface area contributed by atoms with Gasteiger partial charge in [0.2, 0.25) is 0 Å². The number of likely N-dealkylation sites (tertiary alicyclic amines) is 1. The van der Waals surface area contributed by atoms with Crippen LogP contribution in [-0.2, 0) is 0 Å². The molecule has 2 aliphatic rings. The lowest BCUT2D eigenvalue weighted by atomic mass is 9.98. The molecule has 6 rings (SSSR count). The summed E-state index contributed by atoms with van der Waals surface area (Å²) < 4.78 is 7.74. The first-order chi connectivity index (χ1) is 14.2. The number of aromatic hydroxyl groups is 1. The highest BCUT2D eigenvalue weighted by atomic mass is 16.3. The molecule has 4 aromatic rings. The Bertz CT molecular complexity index is 1220. The Kier molecular flexibility index (Phi) is 3.71. The minimum absolute atomic E-state index is 0.222. The zero-order valence-corrected chi connectivity index (χ0v) is 16.5. The number of hydrogen-bond acceptors (Lipinski definition) is 5. The molecule has 148 valence electrons. The number of fused-ring (bicyclic) bond motifs is 2. The van der Waals surface area contributed by atoms with E-state index in [1.165, 1.54) is 36.6 Å². The number of furan rings is 1. The standard InChI is InChI=1S/C23H24N4O2/c1-26-10-2-3-15(13-26)27-11-8-17-20(14-4-5-14)21(24-25-23(17)27)18-6-7-19-16(22(18)28)9-12-29-19/h6-9,11-12,14-15,28H,2-5,10,13H2,1H3/t15-/m1/s1. The van der Waals surface area contributed by atoms with Crippen LogP contribution in [0.2, 0.25) is 0 Å². The summed E-state index contributed by atoms with van der Waals surface area (Å²) in [7, 11) is 2.19. The molecule has 1 atom stereocenters. The van der Waals surface area contributed by atoms with E-state index in [0.717, 1.165) is 30.0 Å². The SMILES string of the molecule is CN1CCC[C@@H](n2ccc3c(C4CC4)c(-c4ccc5occc5c4O)nnc32)C1. The summed E-state index contributed by atoms with van der Waals surface area (Å²) in [5, 5.41) is 22.1. The Balaban J connectivity index is 1.53. The molecule has 0 unspecified atom stereocenters. The topological polar surface area (TPSA) is 67.3 Å². The van der Waals surface area contributed by atoms with Crippen molar-refractivity contribution in [1.29, 1.82) is 0 Å². The number of phenols is 1. The highest BCUT2D eigenvalue weighted by Crippen LogP contribution is 2.49. The quantitative estimate of drug-likeness (QED) is 0.551. The number of nitrogens with zero attached hydrogens (tertiary/aromatic N) is 4. The predicted molar refractivity (Wildman–Crippen MR) is 112 cm³/mol. The lowest BCUT2D eigenvalue weighted by Crippen LogP contribution is -2.33. The molecule has 6 heteroatoms. The van der Waals surface area contributed by atoms with Gasteiger partial charge in [0, 0.05) is 29.7 Å². The van der Waals surface area contributed by atoms with Crippen molar-refractivity contribution < 1.29 is 9.52 Å². The molecule has 1 aromatic carbocycles. The molecule has 1 saturated heterocycles. The normalized spacial score (nSPS) is 20.7. The lowest BCUT2D eigenvalue weighted by Gasteiger charge is -2.30. The van der Waals surface area contributed by atoms with E-state index in [9.17, 15) is 5.11 Å². The molecule has 29 heavy (non-hydrogen) atoms. The first kappa shape index (κ1) is 17.0. The van der Waals surface area contributed by atoms with Crippen LogP contribution >= 0.6 is 0 Å². The molecule has 0 radical (unpaired) electrons. The van der Waals surface area contributed by atoms with Crippen LogP contribution in [0.3, 0.4) is 0 Å². The van der Waals surface area contributed by atoms with E-state index in [1.807, 2.05) is 12.1 Å². The number of aromatic nitrogens is 3. The lowest BCUT2D eigenvalue weighted by molar-refractivity contribution is 0.214. The van der Waals surface area contributed by atoms with E-state index >= 15 is 0 Å². The highest BCUT2D eigenvalue weighted by molar-refractivity contribution is 5.94. The molecule has 1 aliphatic heterocycles. The van der Waals surface area contributed by atoms with Gasteiger partial charge in [-0.05, 0) is 75.0 Å². The van der Waals surface area contributed by atoms with Crippen LogP contribution in [-0.4, -0.2) is 44.9 Å². The Morgan fingerprint density at radius 2 is 1.97 bits per heavy atom. The summed E-state index contributed by atoms with van der Waals surface area (Å²) in [6.07, 6.45) is 8.50. The number of hydrogen-bond donors (Lipinski definition) is 1. The van der Waals surface area contributed by atoms with Gasteiger partial charge in [-0.3, -0.25) is 0 Å². The van der Waals surface area contributed by atoms with Crippen molar-refractivity contribution in [2.75, 3.05) is 20.1 Å². The van der Waals surface area contributed by atoms with E-state index in [1.54, 1.807) is 12.3 Å². The molecule has 0 amide bonds. The van der Waals surface area contributed by atoms with Crippen LogP contribution in [0.1, 0.15) is 43.2 Å². The smallest absolute Gasteiger partial charge is 0.163 e. The van der Waals surface area contributed by atoms with Gasteiger partial charge >= 0.3 is 0 Å². The summed E-state index contributed by atoms with van der Waals surface area (Å²) in [5.74, 6) is 0.715. The second kappa shape index (κ2) is 6.32. The van der Waals surface area contributed by atoms with E-state index in [2.05, 4.69) is 39.0 Å². The van der Waals surface area contributed by atoms with E-state index in [4.69, 9.17) is 4.42 Å². The zero-order valence-electron chi connectivity index (χ0n) is 16.5. The van der Waals surface area contributed by atoms with Gasteiger partial charge in [-0.2, -0.15) is 0 Å². The fourth-order valence-electron chi connectivity index (χ4n) is 4.90. The van der Waals surface area contributed by atoms with Crippen LogP contribution in [0, 0.1) is 0 Å². The first-order valence-corrected chi connectivity index (χ1v) is 10.5. The molecule has 2 fully saturated rings. The van der Waals surface area contributed by atoms with E-state index in [-0.39, 0.29) is 5.75 Å². The maximum atomic E-state index is 10.9. The average molecular weight is 388 g/mol. The third-order valence-electron chi connectivity index (χ3n) is 6.52. The minimum Gasteiger partial charge on any atom is -0.506 e. The van der Waals surface area contributed by atoms with Gasteiger partial charge in [0.1, 0.15) is 17.0 Å². The summed E-state index contributed by atoms with van der Waals surface area (Å²) in [5.41, 5.74) is 4.43. The number of phenolic OH excluding ortho intramolecular Hbond substituents is 1. The Labute approximate surface area is 168 Å². The number of piperidine rings is 1. The van der Waals surface area contributed by atoms with Gasteiger partial charge < -0.3 is 19.0 Å². The zero-order chi connectivity index (χ0) is 19.5. The third kappa shape index (κ3) is 2.66. The number of likely N-dealkylation sites (N-methyl/N-ethyl adjacent to an activating group) is 1. The summed E-state index contributed by atoms with van der Waals surface area (Å²) >= 11 is 0. The maximum Gasteiger partial charge on any atom is 0.163 e. The molecule has 1 saturated carbocycles. The molecule has 0 bridgehead atoms. The fourth-order valence-corrected chi connectivity index (χ4v) is 4.90. The van der Waals surface area contributed by atoms with Gasteiger partial charge in [0.25, 0.3) is 0 Å². The van der Waals surface area contributed by atoms with Gasteiger partial charge in [-0.25, -0.2) is 0 Å². The third-order valence-corrected chi connectivity index (χ3v) is 6.52. The second-order valence-electron chi connectivity index (χ2n) is 8.55. The van der Waals surface area contributed by atoms with Crippen LogP contribution < -0.4 is 0 Å². The minimum atomic E-state index is 0.222. The van der Waals surface area contributed by atoms with E-state index < -0.39 is 0 Å². The fraction of sp³-hybridized carbons (Fsp3) is 0.391. The van der Waals surface area contributed by atoms with Crippen molar-refractivity contribution in [3.05, 3.63) is 42.3 Å². The second-order valence-corrected chi connectivity index (χ2v) is 8.55. The molecule has 1 aliphatic carbocycles. The number of benzene rings is 1. The first-order valence-electron chi connectivity index (χ1n) is 10.5. The molecular weight excluding hydrogens is 364 g/mol. The van der Waals surface area contributed by atoms with Gasteiger partial charge in [-0.15, -0.1) is 10.2 Å². The van der Waals surface area contributed by atoms with Crippen molar-refractivity contribution >= 4 is 22.0 Å². The predicted octanol–water partition coefficient (Wildman–Crippen LogP) is 4.69. The van der Waals surface area contributed by atoms with Crippen LogP contribution in [0.4, 0.5) is 0 Å². The Morgan fingerprint density at radius 3 is 2.79 bits per heavy atom. The van der Waals surface area contributed by atoms with Crippen molar-refractivity contribution in [1.82, 2.24) is 19.7 Å². The molecule has 6 nitrogen and oxygen atoms in total. The molecule has 0 spiro atoms. The molecule has 3 aromatic heterocycles. The van der Waals surface area contributed by atoms with Crippen LogP contribution in [0.25, 0.3) is 33.3 Å². The van der Waals surface area contributed by atoms with Crippen molar-refractivity contribution in [2.24, 2.45) is 0 Å². The summed E-state index contributed by atoms with van der Waals surface area (Å²) in [4.78, 5) is 2.39. The van der Waals surface area contributed by atoms with Crippen LogP contribution in [0.5, 0.6) is 5.75 Å². The Morgan fingerprint density at radius 1 is 1.07 bits per heavy atom. The van der Waals surface area contributed by atoms with Gasteiger partial charge in [0.05, 0.1) is 11.6 Å². The Hall–Kier alpha value is -2.86. The van der Waals surface area contributed by atoms with Gasteiger partial charge in [-0.1, -0.05) is 0 Å². The highest BCUT2D eigenvalue weighted by Gasteiger charge is 2.32. The number of rotatable bonds is 3. The molecular formula is C23H24N4O2. The van der Waals surface area contributed by atoms with Crippen molar-refractivity contribution in [3.63, 3.8) is 0 Å². The van der Waals surface area contributed by atoms with Gasteiger partial charge in [0.15, 0.2) is 5.65 Å². The summed E-state index contributed by atoms with van der Waals surface area (Å²) in [6, 6.07) is 8.23. The maximum absolute atomic E-state index is 10.9. The monoisotopic (exact) mass is 388 g/mol. The van der Waals surface area contributed by atoms with Crippen molar-refractivity contribution in [2.45, 2.75) is 37.6 Å². The average Bonchev–Trinajstić information content (AvgIpc) is 3.28. The largest absolute Gasteiger partial charge is 0.506 e. The van der Waals surface area contributed by atoms with E-state index in [0.29, 0.717) is 22.9 Å². The molecule has 1 N–H and O–H groups in total. The summed E-state index contributed by atoms with van der Waals surface area (Å²) in [6.45, 7) is 2.21. The van der Waals surface area contributed by atoms with Crippen LogP contribution in [0.15, 0.2) is 41.1 Å². The molecule has 4 heterocycles.